The average molecular weight is 427 g/mol. The zero-order chi connectivity index (χ0) is 20.6. The van der Waals surface area contributed by atoms with Crippen LogP contribution in [-0.4, -0.2) is 20.4 Å². The van der Waals surface area contributed by atoms with Crippen molar-refractivity contribution in [1.29, 1.82) is 0 Å². The molecule has 2 aromatic carbocycles. The fourth-order valence-corrected chi connectivity index (χ4v) is 5.89. The van der Waals surface area contributed by atoms with E-state index >= 15 is 0 Å². The monoisotopic (exact) mass is 426 g/mol. The number of benzene rings is 2. The molecule has 0 aliphatic heterocycles. The van der Waals surface area contributed by atoms with E-state index in [-0.39, 0.29) is 16.8 Å². The maximum atomic E-state index is 12.7. The normalized spacial score (nSPS) is 13.1. The van der Waals surface area contributed by atoms with Gasteiger partial charge in [-0.05, 0) is 73.7 Å². The molecule has 0 spiro atoms. The highest BCUT2D eigenvalue weighted by atomic mass is 32.2. The van der Waals surface area contributed by atoms with Gasteiger partial charge in [-0.2, -0.15) is 0 Å². The fourth-order valence-electron chi connectivity index (χ4n) is 3.47. The van der Waals surface area contributed by atoms with Crippen molar-refractivity contribution in [2.45, 2.75) is 37.6 Å². The fraction of sp³-hybridized carbons (Fsp3) is 0.227. The van der Waals surface area contributed by atoms with Gasteiger partial charge in [0.15, 0.2) is 0 Å². The summed E-state index contributed by atoms with van der Waals surface area (Å²) in [5.74, 6) is -0.183. The van der Waals surface area contributed by atoms with Gasteiger partial charge in [-0.15, -0.1) is 11.3 Å². The van der Waals surface area contributed by atoms with Gasteiger partial charge in [-0.3, -0.25) is 4.79 Å². The van der Waals surface area contributed by atoms with Crippen LogP contribution >= 0.6 is 11.3 Å². The van der Waals surface area contributed by atoms with E-state index < -0.39 is 10.0 Å². The Hall–Kier alpha value is -2.48. The first-order valence-corrected chi connectivity index (χ1v) is 11.8. The summed E-state index contributed by atoms with van der Waals surface area (Å²) >= 11 is 1.50. The summed E-state index contributed by atoms with van der Waals surface area (Å²) in [6, 6.07) is 16.3. The van der Waals surface area contributed by atoms with Crippen molar-refractivity contribution in [3.05, 3.63) is 70.6 Å². The summed E-state index contributed by atoms with van der Waals surface area (Å²) in [6.45, 7) is 3.54. The second kappa shape index (κ2) is 7.74. The SMILES string of the molecule is CC(C)NS(=O)(=O)c1ccc(NC(=O)c2cc3c(s2)-c2ccccc2CC3)cc1. The summed E-state index contributed by atoms with van der Waals surface area (Å²) in [4.78, 5) is 14.7. The van der Waals surface area contributed by atoms with Crippen LogP contribution in [0.5, 0.6) is 0 Å². The lowest BCUT2D eigenvalue weighted by molar-refractivity contribution is 0.103. The summed E-state index contributed by atoms with van der Waals surface area (Å²) in [5.41, 5.74) is 4.30. The Kier molecular flexibility index (Phi) is 5.29. The first-order chi connectivity index (χ1) is 13.8. The molecule has 0 saturated carbocycles. The summed E-state index contributed by atoms with van der Waals surface area (Å²) in [5, 5.41) is 2.87. The molecular formula is C22H22N2O3S2. The van der Waals surface area contributed by atoms with Gasteiger partial charge in [0, 0.05) is 16.6 Å². The standard InChI is InChI=1S/C22H22N2O3S2/c1-14(2)24-29(26,27)18-11-9-17(10-12-18)23-22(25)20-13-16-8-7-15-5-3-4-6-19(15)21(16)28-20/h3-6,9-14,24H,7-8H2,1-2H3,(H,23,25). The van der Waals surface area contributed by atoms with Gasteiger partial charge in [-0.1, -0.05) is 24.3 Å². The van der Waals surface area contributed by atoms with Crippen molar-refractivity contribution in [3.8, 4) is 10.4 Å². The van der Waals surface area contributed by atoms with Gasteiger partial charge in [0.1, 0.15) is 0 Å². The second-order valence-corrected chi connectivity index (χ2v) is 10.1. The summed E-state index contributed by atoms with van der Waals surface area (Å²) < 4.78 is 27.0. The molecule has 3 aromatic rings. The number of sulfonamides is 1. The number of thiophene rings is 1. The number of rotatable bonds is 5. The number of nitrogens with one attached hydrogen (secondary N) is 2. The Morgan fingerprint density at radius 3 is 2.41 bits per heavy atom. The highest BCUT2D eigenvalue weighted by Gasteiger charge is 2.21. The number of carbonyl (C=O) groups is 1. The molecule has 0 fully saturated rings. The van der Waals surface area contributed by atoms with Crippen LogP contribution in [0.4, 0.5) is 5.69 Å². The molecule has 1 aliphatic carbocycles. The smallest absolute Gasteiger partial charge is 0.265 e. The van der Waals surface area contributed by atoms with Crippen molar-refractivity contribution < 1.29 is 13.2 Å². The molecule has 150 valence electrons. The van der Waals surface area contributed by atoms with Crippen LogP contribution < -0.4 is 10.0 Å². The molecule has 29 heavy (non-hydrogen) atoms. The van der Waals surface area contributed by atoms with Crippen LogP contribution in [0.15, 0.2) is 59.5 Å². The first kappa shape index (κ1) is 19.8. The number of fused-ring (bicyclic) bond motifs is 3. The topological polar surface area (TPSA) is 75.3 Å². The molecule has 7 heteroatoms. The zero-order valence-electron chi connectivity index (χ0n) is 16.2. The Balaban J connectivity index is 1.52. The highest BCUT2D eigenvalue weighted by Crippen LogP contribution is 2.39. The minimum Gasteiger partial charge on any atom is -0.321 e. The molecule has 1 aromatic heterocycles. The predicted octanol–water partition coefficient (Wildman–Crippen LogP) is 4.45. The van der Waals surface area contributed by atoms with Gasteiger partial charge in [0.05, 0.1) is 9.77 Å². The van der Waals surface area contributed by atoms with Crippen LogP contribution in [0.3, 0.4) is 0 Å². The number of carbonyl (C=O) groups excluding carboxylic acids is 1. The summed E-state index contributed by atoms with van der Waals surface area (Å²) in [6.07, 6.45) is 1.92. The lowest BCUT2D eigenvalue weighted by atomic mass is 9.91. The molecule has 4 rings (SSSR count). The third-order valence-electron chi connectivity index (χ3n) is 4.77. The van der Waals surface area contributed by atoms with E-state index in [0.717, 1.165) is 12.8 Å². The van der Waals surface area contributed by atoms with Gasteiger partial charge in [0.25, 0.3) is 5.91 Å². The van der Waals surface area contributed by atoms with Crippen molar-refractivity contribution in [1.82, 2.24) is 4.72 Å². The Morgan fingerprint density at radius 1 is 1.00 bits per heavy atom. The van der Waals surface area contributed by atoms with E-state index in [9.17, 15) is 13.2 Å². The van der Waals surface area contributed by atoms with Crippen LogP contribution in [0.2, 0.25) is 0 Å². The molecule has 0 saturated heterocycles. The van der Waals surface area contributed by atoms with Gasteiger partial charge in [0.2, 0.25) is 10.0 Å². The Bertz CT molecular complexity index is 1160. The lowest BCUT2D eigenvalue weighted by Crippen LogP contribution is -2.30. The number of hydrogen-bond donors (Lipinski definition) is 2. The van der Waals surface area contributed by atoms with Gasteiger partial charge >= 0.3 is 0 Å². The number of amides is 1. The molecule has 1 amide bonds. The van der Waals surface area contributed by atoms with E-state index in [1.54, 1.807) is 26.0 Å². The predicted molar refractivity (Wildman–Crippen MR) is 117 cm³/mol. The Labute approximate surface area is 174 Å². The molecular weight excluding hydrogens is 404 g/mol. The molecule has 5 nitrogen and oxygen atoms in total. The van der Waals surface area contributed by atoms with Crippen LogP contribution in [-0.2, 0) is 22.9 Å². The van der Waals surface area contributed by atoms with Crippen molar-refractivity contribution in [2.24, 2.45) is 0 Å². The quantitative estimate of drug-likeness (QED) is 0.633. The van der Waals surface area contributed by atoms with E-state index in [0.29, 0.717) is 10.6 Å². The minimum atomic E-state index is -3.55. The minimum absolute atomic E-state index is 0.174. The molecule has 0 radical (unpaired) electrons. The van der Waals surface area contributed by atoms with Gasteiger partial charge < -0.3 is 5.32 Å². The molecule has 0 unspecified atom stereocenters. The first-order valence-electron chi connectivity index (χ1n) is 9.48. The highest BCUT2D eigenvalue weighted by molar-refractivity contribution is 7.89. The lowest BCUT2D eigenvalue weighted by Gasteiger charge is -2.15. The van der Waals surface area contributed by atoms with E-state index in [1.807, 2.05) is 18.2 Å². The van der Waals surface area contributed by atoms with Crippen LogP contribution in [0.1, 0.15) is 34.6 Å². The molecule has 2 N–H and O–H groups in total. The van der Waals surface area contributed by atoms with Gasteiger partial charge in [-0.25, -0.2) is 13.1 Å². The number of anilines is 1. The zero-order valence-corrected chi connectivity index (χ0v) is 17.9. The van der Waals surface area contributed by atoms with Crippen molar-refractivity contribution >= 4 is 33.0 Å². The third kappa shape index (κ3) is 4.12. The molecule has 1 aliphatic rings. The largest absolute Gasteiger partial charge is 0.321 e. The van der Waals surface area contributed by atoms with E-state index in [4.69, 9.17) is 0 Å². The third-order valence-corrected chi connectivity index (χ3v) is 7.66. The van der Waals surface area contributed by atoms with Crippen molar-refractivity contribution in [3.63, 3.8) is 0 Å². The van der Waals surface area contributed by atoms with Crippen LogP contribution in [0, 0.1) is 0 Å². The maximum absolute atomic E-state index is 12.7. The summed E-state index contributed by atoms with van der Waals surface area (Å²) in [7, 11) is -3.55. The number of aryl methyl sites for hydroxylation is 2. The maximum Gasteiger partial charge on any atom is 0.265 e. The van der Waals surface area contributed by atoms with E-state index in [2.05, 4.69) is 22.2 Å². The number of hydrogen-bond acceptors (Lipinski definition) is 4. The van der Waals surface area contributed by atoms with Crippen molar-refractivity contribution in [2.75, 3.05) is 5.32 Å². The second-order valence-electron chi connectivity index (χ2n) is 7.38. The molecule has 1 heterocycles. The van der Waals surface area contributed by atoms with E-state index in [1.165, 1.54) is 45.0 Å². The average Bonchev–Trinajstić information content (AvgIpc) is 3.12. The Morgan fingerprint density at radius 2 is 1.69 bits per heavy atom. The molecule has 0 atom stereocenters. The van der Waals surface area contributed by atoms with Crippen LogP contribution in [0.25, 0.3) is 10.4 Å². The molecule has 0 bridgehead atoms.